The Morgan fingerprint density at radius 3 is 2.44 bits per heavy atom. The van der Waals surface area contributed by atoms with Crippen molar-refractivity contribution in [3.05, 3.63) is 40.9 Å². The van der Waals surface area contributed by atoms with Crippen molar-refractivity contribution in [3.63, 3.8) is 0 Å². The summed E-state index contributed by atoms with van der Waals surface area (Å²) in [5.41, 5.74) is -0.322. The SMILES string of the molecule is CN(CC(=O)NC(C)(C)C)C(=O)COc1ccc2cc(Br)ccc2c1. The third kappa shape index (κ3) is 6.05. The number of hydrogen-bond acceptors (Lipinski definition) is 3. The molecule has 0 radical (unpaired) electrons. The van der Waals surface area contributed by atoms with Crippen LogP contribution in [0.15, 0.2) is 40.9 Å². The molecule has 0 bridgehead atoms. The zero-order valence-corrected chi connectivity index (χ0v) is 16.5. The molecule has 2 amide bonds. The number of benzene rings is 2. The number of likely N-dealkylation sites (N-methyl/N-ethyl adjacent to an activating group) is 1. The molecule has 134 valence electrons. The number of halogens is 1. The molecule has 1 N–H and O–H groups in total. The van der Waals surface area contributed by atoms with Crippen LogP contribution in [0.3, 0.4) is 0 Å². The first-order chi connectivity index (χ1) is 11.6. The number of carbonyl (C=O) groups excluding carboxylic acids is 2. The Kier molecular flexibility index (Phi) is 6.06. The topological polar surface area (TPSA) is 58.6 Å². The van der Waals surface area contributed by atoms with Gasteiger partial charge in [-0.15, -0.1) is 0 Å². The predicted octanol–water partition coefficient (Wildman–Crippen LogP) is 3.35. The molecule has 2 aromatic rings. The van der Waals surface area contributed by atoms with E-state index < -0.39 is 0 Å². The number of amides is 2. The van der Waals surface area contributed by atoms with Crippen molar-refractivity contribution in [2.75, 3.05) is 20.2 Å². The summed E-state index contributed by atoms with van der Waals surface area (Å²) >= 11 is 3.44. The lowest BCUT2D eigenvalue weighted by Gasteiger charge is -2.23. The molecule has 0 aliphatic rings. The van der Waals surface area contributed by atoms with Crippen LogP contribution in [0.1, 0.15) is 20.8 Å². The molecule has 25 heavy (non-hydrogen) atoms. The van der Waals surface area contributed by atoms with E-state index in [-0.39, 0.29) is 30.5 Å². The third-order valence-corrected chi connectivity index (χ3v) is 3.95. The fraction of sp³-hybridized carbons (Fsp3) is 0.368. The van der Waals surface area contributed by atoms with E-state index in [2.05, 4.69) is 21.2 Å². The van der Waals surface area contributed by atoms with E-state index in [1.165, 1.54) is 4.90 Å². The normalized spacial score (nSPS) is 11.2. The molecule has 0 aromatic heterocycles. The van der Waals surface area contributed by atoms with Gasteiger partial charge in [0.25, 0.3) is 5.91 Å². The fourth-order valence-corrected chi connectivity index (χ4v) is 2.68. The average Bonchev–Trinajstić information content (AvgIpc) is 2.50. The second kappa shape index (κ2) is 7.87. The first-order valence-corrected chi connectivity index (χ1v) is 8.80. The number of nitrogens with zero attached hydrogens (tertiary/aromatic N) is 1. The highest BCUT2D eigenvalue weighted by molar-refractivity contribution is 9.10. The zero-order chi connectivity index (χ0) is 18.6. The molecule has 0 aliphatic carbocycles. The summed E-state index contributed by atoms with van der Waals surface area (Å²) in [6.07, 6.45) is 0. The van der Waals surface area contributed by atoms with Crippen molar-refractivity contribution in [2.45, 2.75) is 26.3 Å². The van der Waals surface area contributed by atoms with E-state index >= 15 is 0 Å². The fourth-order valence-electron chi connectivity index (χ4n) is 2.30. The molecule has 2 aromatic carbocycles. The van der Waals surface area contributed by atoms with Gasteiger partial charge in [0, 0.05) is 17.1 Å². The molecule has 0 saturated carbocycles. The molecule has 0 atom stereocenters. The summed E-state index contributed by atoms with van der Waals surface area (Å²) in [4.78, 5) is 25.4. The van der Waals surface area contributed by atoms with Gasteiger partial charge < -0.3 is 15.0 Å². The minimum Gasteiger partial charge on any atom is -0.484 e. The molecule has 0 unspecified atom stereocenters. The van der Waals surface area contributed by atoms with Crippen LogP contribution in [0.4, 0.5) is 0 Å². The van der Waals surface area contributed by atoms with Gasteiger partial charge in [0.2, 0.25) is 5.91 Å². The first kappa shape index (κ1) is 19.2. The molecule has 2 rings (SSSR count). The second-order valence-corrected chi connectivity index (χ2v) is 7.91. The molecule has 0 fully saturated rings. The largest absolute Gasteiger partial charge is 0.484 e. The van der Waals surface area contributed by atoms with E-state index in [0.29, 0.717) is 5.75 Å². The van der Waals surface area contributed by atoms with Crippen LogP contribution < -0.4 is 10.1 Å². The van der Waals surface area contributed by atoms with Crippen molar-refractivity contribution in [1.29, 1.82) is 0 Å². The Hall–Kier alpha value is -2.08. The lowest BCUT2D eigenvalue weighted by atomic mass is 10.1. The van der Waals surface area contributed by atoms with Crippen LogP contribution >= 0.6 is 15.9 Å². The highest BCUT2D eigenvalue weighted by Crippen LogP contribution is 2.24. The summed E-state index contributed by atoms with van der Waals surface area (Å²) in [6, 6.07) is 11.6. The van der Waals surface area contributed by atoms with Gasteiger partial charge in [-0.3, -0.25) is 9.59 Å². The number of rotatable bonds is 5. The molecule has 0 spiro atoms. The number of fused-ring (bicyclic) bond motifs is 1. The Morgan fingerprint density at radius 2 is 1.76 bits per heavy atom. The summed E-state index contributed by atoms with van der Waals surface area (Å²) in [5.74, 6) is 0.176. The van der Waals surface area contributed by atoms with E-state index in [9.17, 15) is 9.59 Å². The van der Waals surface area contributed by atoms with E-state index in [4.69, 9.17) is 4.74 Å². The minimum atomic E-state index is -0.322. The van der Waals surface area contributed by atoms with Gasteiger partial charge in [-0.1, -0.05) is 28.1 Å². The van der Waals surface area contributed by atoms with Crippen molar-refractivity contribution >= 4 is 38.5 Å². The van der Waals surface area contributed by atoms with E-state index in [0.717, 1.165) is 15.2 Å². The van der Waals surface area contributed by atoms with Gasteiger partial charge in [0.15, 0.2) is 6.61 Å². The summed E-state index contributed by atoms with van der Waals surface area (Å²) < 4.78 is 6.59. The maximum absolute atomic E-state index is 12.1. The molecule has 6 heteroatoms. The van der Waals surface area contributed by atoms with Crippen LogP contribution in [0.25, 0.3) is 10.8 Å². The maximum atomic E-state index is 12.1. The predicted molar refractivity (Wildman–Crippen MR) is 103 cm³/mol. The Bertz CT molecular complexity index is 784. The first-order valence-electron chi connectivity index (χ1n) is 8.01. The quantitative estimate of drug-likeness (QED) is 0.827. The zero-order valence-electron chi connectivity index (χ0n) is 14.9. The summed E-state index contributed by atoms with van der Waals surface area (Å²) in [7, 11) is 1.59. The van der Waals surface area contributed by atoms with Crippen molar-refractivity contribution in [2.24, 2.45) is 0 Å². The monoisotopic (exact) mass is 406 g/mol. The van der Waals surface area contributed by atoms with E-state index in [1.54, 1.807) is 7.05 Å². The van der Waals surface area contributed by atoms with Gasteiger partial charge in [0.05, 0.1) is 6.54 Å². The molecule has 5 nitrogen and oxygen atoms in total. The summed E-state index contributed by atoms with van der Waals surface area (Å²) in [6.45, 7) is 5.59. The Balaban J connectivity index is 1.90. The van der Waals surface area contributed by atoms with Gasteiger partial charge in [-0.05, 0) is 55.8 Å². The molecule has 0 aliphatic heterocycles. The van der Waals surface area contributed by atoms with Crippen LogP contribution in [0.5, 0.6) is 5.75 Å². The minimum absolute atomic E-state index is 0.00517. The number of hydrogen-bond donors (Lipinski definition) is 1. The summed E-state index contributed by atoms with van der Waals surface area (Å²) in [5, 5.41) is 4.95. The average molecular weight is 407 g/mol. The molecule has 0 heterocycles. The lowest BCUT2D eigenvalue weighted by molar-refractivity contribution is -0.136. The maximum Gasteiger partial charge on any atom is 0.260 e. The van der Waals surface area contributed by atoms with Gasteiger partial charge >= 0.3 is 0 Å². The van der Waals surface area contributed by atoms with Crippen molar-refractivity contribution in [1.82, 2.24) is 10.2 Å². The smallest absolute Gasteiger partial charge is 0.260 e. The number of ether oxygens (including phenoxy) is 1. The number of nitrogens with one attached hydrogen (secondary N) is 1. The van der Waals surface area contributed by atoms with E-state index in [1.807, 2.05) is 57.2 Å². The van der Waals surface area contributed by atoms with Crippen molar-refractivity contribution < 1.29 is 14.3 Å². The third-order valence-electron chi connectivity index (χ3n) is 3.46. The van der Waals surface area contributed by atoms with Crippen LogP contribution in [0.2, 0.25) is 0 Å². The highest BCUT2D eigenvalue weighted by atomic mass is 79.9. The molecular formula is C19H23BrN2O3. The van der Waals surface area contributed by atoms with Crippen LogP contribution in [0, 0.1) is 0 Å². The van der Waals surface area contributed by atoms with Gasteiger partial charge in [0.1, 0.15) is 5.75 Å². The second-order valence-electron chi connectivity index (χ2n) is 6.99. The lowest BCUT2D eigenvalue weighted by Crippen LogP contribution is -2.47. The van der Waals surface area contributed by atoms with Gasteiger partial charge in [-0.2, -0.15) is 0 Å². The van der Waals surface area contributed by atoms with Crippen LogP contribution in [-0.2, 0) is 9.59 Å². The van der Waals surface area contributed by atoms with Crippen LogP contribution in [-0.4, -0.2) is 42.5 Å². The number of carbonyl (C=O) groups is 2. The Labute approximate surface area is 156 Å². The highest BCUT2D eigenvalue weighted by Gasteiger charge is 2.18. The molecular weight excluding hydrogens is 384 g/mol. The van der Waals surface area contributed by atoms with Crippen molar-refractivity contribution in [3.8, 4) is 5.75 Å². The standard InChI is InChI=1S/C19H23BrN2O3/c1-19(2,3)21-17(23)11-22(4)18(24)12-25-16-8-6-13-9-15(20)7-5-14(13)10-16/h5-10H,11-12H2,1-4H3,(H,21,23). The Morgan fingerprint density at radius 1 is 1.12 bits per heavy atom. The molecule has 0 saturated heterocycles. The van der Waals surface area contributed by atoms with Gasteiger partial charge in [-0.25, -0.2) is 0 Å².